The minimum absolute atomic E-state index is 0.141. The highest BCUT2D eigenvalue weighted by atomic mass is 32.1. The van der Waals surface area contributed by atoms with Crippen LogP contribution in [0.2, 0.25) is 0 Å². The van der Waals surface area contributed by atoms with Crippen LogP contribution in [0.1, 0.15) is 25.7 Å². The SMILES string of the molecule is Cn1nccc1-c1csc(NC(=O)NC2C[C@H]3CC[C@@H](C2)C3O)n1. The third kappa shape index (κ3) is 2.91. The number of amides is 2. The lowest BCUT2D eigenvalue weighted by Crippen LogP contribution is -2.45. The highest BCUT2D eigenvalue weighted by Gasteiger charge is 2.42. The number of aliphatic hydroxyl groups is 1. The number of urea groups is 1. The molecule has 2 heterocycles. The molecule has 24 heavy (non-hydrogen) atoms. The molecular formula is C16H21N5O2S. The van der Waals surface area contributed by atoms with Gasteiger partial charge in [0.15, 0.2) is 5.13 Å². The van der Waals surface area contributed by atoms with E-state index < -0.39 is 0 Å². The smallest absolute Gasteiger partial charge is 0.321 e. The molecule has 128 valence electrons. The van der Waals surface area contributed by atoms with Gasteiger partial charge < -0.3 is 10.4 Å². The number of aryl methyl sites for hydroxylation is 1. The predicted molar refractivity (Wildman–Crippen MR) is 91.7 cm³/mol. The average molecular weight is 347 g/mol. The first-order valence-corrected chi connectivity index (χ1v) is 9.17. The average Bonchev–Trinajstić information content (AvgIpc) is 3.20. The maximum atomic E-state index is 12.2. The Bertz CT molecular complexity index is 728. The van der Waals surface area contributed by atoms with Crippen molar-refractivity contribution in [1.29, 1.82) is 0 Å². The van der Waals surface area contributed by atoms with E-state index in [0.29, 0.717) is 17.0 Å². The van der Waals surface area contributed by atoms with Crippen molar-refractivity contribution < 1.29 is 9.90 Å². The first-order valence-electron chi connectivity index (χ1n) is 8.29. The molecule has 2 aliphatic carbocycles. The molecule has 2 saturated carbocycles. The van der Waals surface area contributed by atoms with Crippen molar-refractivity contribution in [2.75, 3.05) is 5.32 Å². The summed E-state index contributed by atoms with van der Waals surface area (Å²) < 4.78 is 1.75. The van der Waals surface area contributed by atoms with Gasteiger partial charge in [-0.05, 0) is 43.6 Å². The first kappa shape index (κ1) is 15.6. The van der Waals surface area contributed by atoms with Crippen molar-refractivity contribution in [2.45, 2.75) is 37.8 Å². The fraction of sp³-hybridized carbons (Fsp3) is 0.562. The second-order valence-electron chi connectivity index (χ2n) is 6.73. The Labute approximate surface area is 144 Å². The summed E-state index contributed by atoms with van der Waals surface area (Å²) in [7, 11) is 1.86. The van der Waals surface area contributed by atoms with Crippen LogP contribution in [0.15, 0.2) is 17.6 Å². The van der Waals surface area contributed by atoms with E-state index in [2.05, 4.69) is 20.7 Å². The Kier molecular flexibility index (Phi) is 4.01. The van der Waals surface area contributed by atoms with Crippen LogP contribution in [-0.2, 0) is 7.05 Å². The third-order valence-electron chi connectivity index (χ3n) is 5.19. The normalized spacial score (nSPS) is 28.8. The Balaban J connectivity index is 1.35. The van der Waals surface area contributed by atoms with Gasteiger partial charge in [0, 0.05) is 24.7 Å². The Morgan fingerprint density at radius 2 is 2.12 bits per heavy atom. The van der Waals surface area contributed by atoms with Crippen molar-refractivity contribution in [3.8, 4) is 11.4 Å². The minimum atomic E-state index is -0.221. The number of hydrogen-bond donors (Lipinski definition) is 3. The number of aliphatic hydroxyl groups excluding tert-OH is 1. The van der Waals surface area contributed by atoms with Gasteiger partial charge in [-0.3, -0.25) is 10.00 Å². The minimum Gasteiger partial charge on any atom is -0.393 e. The Morgan fingerprint density at radius 3 is 2.79 bits per heavy atom. The number of fused-ring (bicyclic) bond motifs is 2. The highest BCUT2D eigenvalue weighted by Crippen LogP contribution is 2.42. The Hall–Kier alpha value is -1.93. The highest BCUT2D eigenvalue weighted by molar-refractivity contribution is 7.14. The van der Waals surface area contributed by atoms with Crippen LogP contribution in [0.3, 0.4) is 0 Å². The van der Waals surface area contributed by atoms with Crippen LogP contribution >= 0.6 is 11.3 Å². The molecule has 0 saturated heterocycles. The summed E-state index contributed by atoms with van der Waals surface area (Å²) >= 11 is 1.40. The summed E-state index contributed by atoms with van der Waals surface area (Å²) in [6.45, 7) is 0. The van der Waals surface area contributed by atoms with Crippen molar-refractivity contribution in [3.63, 3.8) is 0 Å². The second-order valence-corrected chi connectivity index (χ2v) is 7.59. The number of hydrogen-bond acceptors (Lipinski definition) is 5. The van der Waals surface area contributed by atoms with Gasteiger partial charge in [-0.2, -0.15) is 5.10 Å². The summed E-state index contributed by atoms with van der Waals surface area (Å²) in [6.07, 6.45) is 5.43. The number of anilines is 1. The van der Waals surface area contributed by atoms with E-state index in [1.807, 2.05) is 18.5 Å². The number of carbonyl (C=O) groups excluding carboxylic acids is 1. The first-order chi connectivity index (χ1) is 11.6. The van der Waals surface area contributed by atoms with Crippen molar-refractivity contribution in [3.05, 3.63) is 17.6 Å². The zero-order valence-electron chi connectivity index (χ0n) is 13.5. The second kappa shape index (κ2) is 6.18. The molecule has 7 nitrogen and oxygen atoms in total. The van der Waals surface area contributed by atoms with Gasteiger partial charge in [-0.25, -0.2) is 9.78 Å². The largest absolute Gasteiger partial charge is 0.393 e. The van der Waals surface area contributed by atoms with Crippen LogP contribution in [0.5, 0.6) is 0 Å². The van der Waals surface area contributed by atoms with Crippen LogP contribution in [0.25, 0.3) is 11.4 Å². The van der Waals surface area contributed by atoms with Crippen LogP contribution < -0.4 is 10.6 Å². The van der Waals surface area contributed by atoms with Crippen molar-refractivity contribution in [1.82, 2.24) is 20.1 Å². The molecule has 2 aromatic heterocycles. The molecule has 4 atom stereocenters. The number of thiazole rings is 1. The van der Waals surface area contributed by atoms with Crippen LogP contribution in [0, 0.1) is 11.8 Å². The van der Waals surface area contributed by atoms with E-state index in [4.69, 9.17) is 0 Å². The zero-order valence-corrected chi connectivity index (χ0v) is 14.3. The molecule has 2 aliphatic rings. The molecular weight excluding hydrogens is 326 g/mol. The molecule has 2 bridgehead atoms. The molecule has 0 spiro atoms. The van der Waals surface area contributed by atoms with Gasteiger partial charge in [-0.15, -0.1) is 11.3 Å². The summed E-state index contributed by atoms with van der Waals surface area (Å²) in [5, 5.41) is 22.5. The van der Waals surface area contributed by atoms with E-state index in [1.165, 1.54) is 11.3 Å². The number of carbonyl (C=O) groups is 1. The van der Waals surface area contributed by atoms with Gasteiger partial charge in [0.05, 0.1) is 11.8 Å². The summed E-state index contributed by atoms with van der Waals surface area (Å²) in [5.41, 5.74) is 1.71. The molecule has 0 radical (unpaired) electrons. The number of nitrogens with one attached hydrogen (secondary N) is 2. The van der Waals surface area contributed by atoms with E-state index in [1.54, 1.807) is 10.9 Å². The molecule has 3 N–H and O–H groups in total. The van der Waals surface area contributed by atoms with E-state index in [9.17, 15) is 9.90 Å². The summed E-state index contributed by atoms with van der Waals surface area (Å²) in [5.74, 6) is 0.677. The lowest BCUT2D eigenvalue weighted by Gasteiger charge is -2.32. The monoisotopic (exact) mass is 347 g/mol. The maximum absolute atomic E-state index is 12.2. The quantitative estimate of drug-likeness (QED) is 0.794. The van der Waals surface area contributed by atoms with Crippen molar-refractivity contribution >= 4 is 22.5 Å². The molecule has 0 aliphatic heterocycles. The standard InChI is InChI=1S/C16H21N5O2S/c1-21-13(4-5-17-21)12-8-24-16(19-12)20-15(23)18-11-6-9-2-3-10(7-11)14(9)22/h4-5,8-11,14,22H,2-3,6-7H2,1H3,(H2,18,19,20,23)/t9-,10+,11?,14?. The van der Waals surface area contributed by atoms with E-state index >= 15 is 0 Å². The predicted octanol–water partition coefficient (Wildman–Crippen LogP) is 2.21. The van der Waals surface area contributed by atoms with Gasteiger partial charge >= 0.3 is 6.03 Å². The Morgan fingerprint density at radius 1 is 1.38 bits per heavy atom. The van der Waals surface area contributed by atoms with Crippen LogP contribution in [-0.4, -0.2) is 38.0 Å². The molecule has 2 aromatic rings. The third-order valence-corrected chi connectivity index (χ3v) is 5.95. The molecule has 4 rings (SSSR count). The zero-order chi connectivity index (χ0) is 16.7. The number of rotatable bonds is 3. The van der Waals surface area contributed by atoms with Gasteiger partial charge in [0.1, 0.15) is 5.69 Å². The lowest BCUT2D eigenvalue weighted by molar-refractivity contribution is 0.0491. The maximum Gasteiger partial charge on any atom is 0.321 e. The van der Waals surface area contributed by atoms with E-state index in [-0.39, 0.29) is 18.2 Å². The molecule has 2 amide bonds. The molecule has 0 aromatic carbocycles. The number of nitrogens with zero attached hydrogens (tertiary/aromatic N) is 3. The molecule has 2 fully saturated rings. The fourth-order valence-electron chi connectivity index (χ4n) is 4.01. The molecule has 8 heteroatoms. The van der Waals surface area contributed by atoms with Crippen molar-refractivity contribution in [2.24, 2.45) is 18.9 Å². The van der Waals surface area contributed by atoms with Crippen LogP contribution in [0.4, 0.5) is 9.93 Å². The van der Waals surface area contributed by atoms with Gasteiger partial charge in [0.25, 0.3) is 0 Å². The number of aromatic nitrogens is 3. The topological polar surface area (TPSA) is 92.1 Å². The summed E-state index contributed by atoms with van der Waals surface area (Å²) in [6, 6.07) is 1.81. The van der Waals surface area contributed by atoms with E-state index in [0.717, 1.165) is 37.1 Å². The summed E-state index contributed by atoms with van der Waals surface area (Å²) in [4.78, 5) is 16.7. The fourth-order valence-corrected chi connectivity index (χ4v) is 4.71. The van der Waals surface area contributed by atoms with Gasteiger partial charge in [0.2, 0.25) is 0 Å². The molecule has 2 unspecified atom stereocenters. The van der Waals surface area contributed by atoms with Gasteiger partial charge in [-0.1, -0.05) is 0 Å². The lowest BCUT2D eigenvalue weighted by atomic mass is 9.83.